The van der Waals surface area contributed by atoms with Crippen LogP contribution in [0.4, 0.5) is 10.1 Å². The first-order valence-corrected chi connectivity index (χ1v) is 5.51. The van der Waals surface area contributed by atoms with E-state index in [0.29, 0.717) is 18.9 Å². The van der Waals surface area contributed by atoms with E-state index >= 15 is 0 Å². The molecule has 0 spiro atoms. The molecular weight excluding hydrogens is 281 g/mol. The van der Waals surface area contributed by atoms with E-state index in [4.69, 9.17) is 10.5 Å². The Labute approximate surface area is 99.9 Å². The molecule has 1 fully saturated rings. The number of aliphatic hydroxyl groups is 1. The lowest BCUT2D eigenvalue weighted by Crippen LogP contribution is -2.40. The van der Waals surface area contributed by atoms with Crippen LogP contribution in [0.5, 0.6) is 0 Å². The normalized spacial score (nSPS) is 18.0. The van der Waals surface area contributed by atoms with E-state index in [9.17, 15) is 9.50 Å². The molecule has 1 aliphatic heterocycles. The van der Waals surface area contributed by atoms with Crippen LogP contribution in [0.3, 0.4) is 0 Å². The minimum absolute atomic E-state index is 0.0300. The van der Waals surface area contributed by atoms with Crippen LogP contribution >= 0.6 is 15.9 Å². The summed E-state index contributed by atoms with van der Waals surface area (Å²) in [6.07, 6.45) is -1.25. The molecule has 1 aromatic rings. The lowest BCUT2D eigenvalue weighted by atomic mass is 10.2. The molecule has 2 heterocycles. The van der Waals surface area contributed by atoms with E-state index in [0.717, 1.165) is 0 Å². The summed E-state index contributed by atoms with van der Waals surface area (Å²) < 4.78 is 18.3. The third kappa shape index (κ3) is 2.32. The predicted molar refractivity (Wildman–Crippen MR) is 59.3 cm³/mol. The van der Waals surface area contributed by atoms with Crippen LogP contribution in [-0.2, 0) is 4.74 Å². The number of rotatable bonds is 3. The van der Waals surface area contributed by atoms with Crippen molar-refractivity contribution in [2.75, 3.05) is 18.5 Å². The highest BCUT2D eigenvalue weighted by Gasteiger charge is 2.22. The van der Waals surface area contributed by atoms with Gasteiger partial charge < -0.3 is 20.9 Å². The molecule has 1 aromatic heterocycles. The number of ether oxygens (including phenoxy) is 1. The molecule has 2 rings (SSSR count). The number of aromatic nitrogens is 1. The molecule has 88 valence electrons. The molecule has 5 nitrogen and oxygen atoms in total. The van der Waals surface area contributed by atoms with E-state index in [-0.39, 0.29) is 16.3 Å². The smallest absolute Gasteiger partial charge is 0.158 e. The summed E-state index contributed by atoms with van der Waals surface area (Å²) in [5, 5.41) is 12.3. The van der Waals surface area contributed by atoms with Crippen molar-refractivity contribution in [2.24, 2.45) is 5.73 Å². The van der Waals surface area contributed by atoms with Gasteiger partial charge in [-0.25, -0.2) is 9.37 Å². The molecule has 1 saturated heterocycles. The average Bonchev–Trinajstić information content (AvgIpc) is 2.16. The Morgan fingerprint density at radius 3 is 2.88 bits per heavy atom. The first kappa shape index (κ1) is 11.7. The molecule has 1 atom stereocenters. The molecule has 1 aliphatic rings. The maximum absolute atomic E-state index is 13.3. The van der Waals surface area contributed by atoms with Gasteiger partial charge in [-0.1, -0.05) is 0 Å². The third-order valence-electron chi connectivity index (χ3n) is 2.24. The van der Waals surface area contributed by atoms with Crippen molar-refractivity contribution in [1.29, 1.82) is 0 Å². The number of hydrogen-bond donors (Lipinski definition) is 3. The zero-order chi connectivity index (χ0) is 11.7. The number of anilines is 1. The van der Waals surface area contributed by atoms with Gasteiger partial charge >= 0.3 is 0 Å². The summed E-state index contributed by atoms with van der Waals surface area (Å²) in [6.45, 7) is 1.11. The first-order chi connectivity index (χ1) is 7.58. The number of nitrogens with two attached hydrogens (primary N) is 1. The van der Waals surface area contributed by atoms with Gasteiger partial charge in [-0.05, 0) is 15.9 Å². The SMILES string of the molecule is NC(O)c1nc(Br)c(F)cc1NC1COC1. The average molecular weight is 292 g/mol. The van der Waals surface area contributed by atoms with Crippen molar-refractivity contribution in [3.63, 3.8) is 0 Å². The maximum Gasteiger partial charge on any atom is 0.158 e. The van der Waals surface area contributed by atoms with Crippen LogP contribution in [0.25, 0.3) is 0 Å². The molecule has 0 aliphatic carbocycles. The first-order valence-electron chi connectivity index (χ1n) is 4.72. The van der Waals surface area contributed by atoms with Gasteiger partial charge in [0.2, 0.25) is 0 Å². The topological polar surface area (TPSA) is 80.4 Å². The summed E-state index contributed by atoms with van der Waals surface area (Å²) in [5.74, 6) is -0.507. The van der Waals surface area contributed by atoms with Gasteiger partial charge in [0, 0.05) is 6.07 Å². The van der Waals surface area contributed by atoms with Crippen molar-refractivity contribution in [2.45, 2.75) is 12.3 Å². The summed E-state index contributed by atoms with van der Waals surface area (Å²) in [4.78, 5) is 3.85. The van der Waals surface area contributed by atoms with Gasteiger partial charge in [0.05, 0.1) is 24.9 Å². The summed E-state index contributed by atoms with van der Waals surface area (Å²) in [6, 6.07) is 1.36. The van der Waals surface area contributed by atoms with Crippen LogP contribution in [0.2, 0.25) is 0 Å². The lowest BCUT2D eigenvalue weighted by molar-refractivity contribution is 0.0209. The number of halogens is 2. The molecule has 7 heteroatoms. The van der Waals surface area contributed by atoms with Crippen molar-refractivity contribution < 1.29 is 14.2 Å². The quantitative estimate of drug-likeness (QED) is 0.565. The van der Waals surface area contributed by atoms with E-state index in [2.05, 4.69) is 26.2 Å². The fourth-order valence-corrected chi connectivity index (χ4v) is 1.67. The van der Waals surface area contributed by atoms with Gasteiger partial charge in [-0.15, -0.1) is 0 Å². The van der Waals surface area contributed by atoms with Gasteiger partial charge in [0.25, 0.3) is 0 Å². The lowest BCUT2D eigenvalue weighted by Gasteiger charge is -2.28. The highest BCUT2D eigenvalue weighted by atomic mass is 79.9. The Morgan fingerprint density at radius 2 is 2.38 bits per heavy atom. The van der Waals surface area contributed by atoms with Crippen molar-refractivity contribution in [3.8, 4) is 0 Å². The van der Waals surface area contributed by atoms with Crippen LogP contribution in [-0.4, -0.2) is 29.3 Å². The van der Waals surface area contributed by atoms with Crippen LogP contribution < -0.4 is 11.1 Å². The highest BCUT2D eigenvalue weighted by Crippen LogP contribution is 2.25. The van der Waals surface area contributed by atoms with Crippen LogP contribution in [0.15, 0.2) is 10.7 Å². The molecule has 0 saturated carbocycles. The Morgan fingerprint density at radius 1 is 1.69 bits per heavy atom. The Bertz CT molecular complexity index is 399. The molecule has 0 amide bonds. The number of aliphatic hydroxyl groups excluding tert-OH is 1. The van der Waals surface area contributed by atoms with Gasteiger partial charge in [-0.2, -0.15) is 0 Å². The van der Waals surface area contributed by atoms with Crippen LogP contribution in [0.1, 0.15) is 11.9 Å². The molecule has 0 bridgehead atoms. The standard InChI is InChI=1S/C9H11BrFN3O2/c10-8-5(11)1-6(7(14-8)9(12)15)13-4-2-16-3-4/h1,4,9,13,15H,2-3,12H2. The molecule has 16 heavy (non-hydrogen) atoms. The predicted octanol–water partition coefficient (Wildman–Crippen LogP) is 0.743. The van der Waals surface area contributed by atoms with Crippen molar-refractivity contribution in [3.05, 3.63) is 22.2 Å². The van der Waals surface area contributed by atoms with Gasteiger partial charge in [-0.3, -0.25) is 0 Å². The number of nitrogens with zero attached hydrogens (tertiary/aromatic N) is 1. The van der Waals surface area contributed by atoms with E-state index in [1.54, 1.807) is 0 Å². The second-order valence-electron chi connectivity index (χ2n) is 3.52. The molecular formula is C9H11BrFN3O2. The number of hydrogen-bond acceptors (Lipinski definition) is 5. The van der Waals surface area contributed by atoms with E-state index < -0.39 is 12.0 Å². The molecule has 0 aromatic carbocycles. The van der Waals surface area contributed by atoms with Crippen LogP contribution in [0, 0.1) is 5.82 Å². The zero-order valence-corrected chi connectivity index (χ0v) is 9.87. The molecule has 4 N–H and O–H groups in total. The Hall–Kier alpha value is -0.760. The monoisotopic (exact) mass is 291 g/mol. The number of pyridine rings is 1. The largest absolute Gasteiger partial charge is 0.377 e. The van der Waals surface area contributed by atoms with Crippen molar-refractivity contribution >= 4 is 21.6 Å². The minimum atomic E-state index is -1.25. The Balaban J connectivity index is 2.28. The minimum Gasteiger partial charge on any atom is -0.377 e. The maximum atomic E-state index is 13.3. The van der Waals surface area contributed by atoms with Crippen molar-refractivity contribution in [1.82, 2.24) is 4.98 Å². The summed E-state index contributed by atoms with van der Waals surface area (Å²) in [7, 11) is 0. The second kappa shape index (κ2) is 4.62. The molecule has 0 radical (unpaired) electrons. The van der Waals surface area contributed by atoms with Gasteiger partial charge in [0.1, 0.15) is 16.5 Å². The van der Waals surface area contributed by atoms with E-state index in [1.165, 1.54) is 6.07 Å². The molecule has 1 unspecified atom stereocenters. The van der Waals surface area contributed by atoms with Gasteiger partial charge in [0.15, 0.2) is 5.82 Å². The second-order valence-corrected chi connectivity index (χ2v) is 4.27. The van der Waals surface area contributed by atoms with E-state index in [1.807, 2.05) is 0 Å². The highest BCUT2D eigenvalue weighted by molar-refractivity contribution is 9.10. The third-order valence-corrected chi connectivity index (χ3v) is 2.80. The summed E-state index contributed by atoms with van der Waals surface area (Å²) in [5.41, 5.74) is 5.95. The summed E-state index contributed by atoms with van der Waals surface area (Å²) >= 11 is 2.94. The zero-order valence-electron chi connectivity index (χ0n) is 8.28. The fourth-order valence-electron chi connectivity index (χ4n) is 1.36. The number of nitrogens with one attached hydrogen (secondary N) is 1. The Kier molecular flexibility index (Phi) is 3.38. The fraction of sp³-hybridized carbons (Fsp3) is 0.444.